The van der Waals surface area contributed by atoms with Gasteiger partial charge in [0.2, 0.25) is 5.88 Å². The maximum atomic E-state index is 5.55. The van der Waals surface area contributed by atoms with Crippen LogP contribution in [0.4, 0.5) is 0 Å². The molecule has 0 radical (unpaired) electrons. The molecule has 1 unspecified atom stereocenters. The van der Waals surface area contributed by atoms with Crippen LogP contribution in [0.1, 0.15) is 17.7 Å². The molecule has 1 saturated heterocycles. The molecule has 0 bridgehead atoms. The number of hydrogen-bond acceptors (Lipinski definition) is 4. The first kappa shape index (κ1) is 9.40. The minimum absolute atomic E-state index is 0.254. The first-order valence-corrected chi connectivity index (χ1v) is 4.80. The molecule has 4 nitrogen and oxygen atoms in total. The Balaban J connectivity index is 1.97. The highest BCUT2D eigenvalue weighted by molar-refractivity contribution is 5.26. The zero-order valence-corrected chi connectivity index (χ0v) is 8.49. The molecule has 0 amide bonds. The average molecular weight is 194 g/mol. The predicted molar refractivity (Wildman–Crippen MR) is 51.4 cm³/mol. The van der Waals surface area contributed by atoms with Crippen molar-refractivity contribution < 1.29 is 9.47 Å². The summed E-state index contributed by atoms with van der Waals surface area (Å²) in [6.45, 7) is 5.36. The van der Waals surface area contributed by atoms with Gasteiger partial charge in [-0.2, -0.15) is 0 Å². The number of hydrogen-bond donors (Lipinski definition) is 0. The number of ether oxygens (including phenoxy) is 2. The molecular weight excluding hydrogens is 180 g/mol. The highest BCUT2D eigenvalue weighted by Crippen LogP contribution is 2.17. The summed E-state index contributed by atoms with van der Waals surface area (Å²) >= 11 is 0. The Morgan fingerprint density at radius 1 is 1.50 bits per heavy atom. The van der Waals surface area contributed by atoms with Crippen LogP contribution in [0.15, 0.2) is 6.33 Å². The van der Waals surface area contributed by atoms with Gasteiger partial charge in [-0.05, 0) is 13.8 Å². The molecular formula is C10H14N2O2. The van der Waals surface area contributed by atoms with Gasteiger partial charge in [-0.15, -0.1) is 0 Å². The fraction of sp³-hybridized carbons (Fsp3) is 0.600. The molecule has 0 aromatic carbocycles. The van der Waals surface area contributed by atoms with Crippen molar-refractivity contribution in [1.29, 1.82) is 0 Å². The van der Waals surface area contributed by atoms with Crippen molar-refractivity contribution in [3.8, 4) is 5.88 Å². The van der Waals surface area contributed by atoms with Gasteiger partial charge in [-0.25, -0.2) is 9.97 Å². The van der Waals surface area contributed by atoms with Crippen molar-refractivity contribution in [3.05, 3.63) is 17.6 Å². The molecule has 1 atom stereocenters. The third-order valence-electron chi connectivity index (χ3n) is 2.49. The van der Waals surface area contributed by atoms with E-state index >= 15 is 0 Å². The van der Waals surface area contributed by atoms with Crippen LogP contribution in [0, 0.1) is 13.8 Å². The predicted octanol–water partition coefficient (Wildman–Crippen LogP) is 1.26. The van der Waals surface area contributed by atoms with Crippen LogP contribution >= 0.6 is 0 Å². The van der Waals surface area contributed by atoms with Gasteiger partial charge in [-0.1, -0.05) is 0 Å². The van der Waals surface area contributed by atoms with E-state index in [1.807, 2.05) is 13.8 Å². The Morgan fingerprint density at radius 2 is 2.29 bits per heavy atom. The van der Waals surface area contributed by atoms with Gasteiger partial charge in [0.25, 0.3) is 0 Å². The maximum Gasteiger partial charge on any atom is 0.219 e. The van der Waals surface area contributed by atoms with Crippen molar-refractivity contribution in [2.75, 3.05) is 13.2 Å². The van der Waals surface area contributed by atoms with Crippen molar-refractivity contribution in [1.82, 2.24) is 9.97 Å². The fourth-order valence-electron chi connectivity index (χ4n) is 1.25. The van der Waals surface area contributed by atoms with E-state index in [1.165, 1.54) is 6.33 Å². The van der Waals surface area contributed by atoms with Gasteiger partial charge in [0.1, 0.15) is 12.9 Å². The Labute approximate surface area is 83.3 Å². The molecule has 76 valence electrons. The lowest BCUT2D eigenvalue weighted by atomic mass is 10.2. The number of rotatable bonds is 3. The third-order valence-corrected chi connectivity index (χ3v) is 2.49. The molecule has 0 saturated carbocycles. The second-order valence-electron chi connectivity index (χ2n) is 3.48. The highest BCUT2D eigenvalue weighted by Gasteiger charge is 2.19. The number of nitrogens with zero attached hydrogens (tertiary/aromatic N) is 2. The van der Waals surface area contributed by atoms with E-state index in [4.69, 9.17) is 9.47 Å². The van der Waals surface area contributed by atoms with Crippen LogP contribution in [-0.4, -0.2) is 29.3 Å². The molecule has 4 heteroatoms. The molecule has 1 aliphatic rings. The quantitative estimate of drug-likeness (QED) is 0.726. The van der Waals surface area contributed by atoms with E-state index in [9.17, 15) is 0 Å². The van der Waals surface area contributed by atoms with E-state index in [0.29, 0.717) is 12.5 Å². The van der Waals surface area contributed by atoms with E-state index in [1.54, 1.807) is 0 Å². The summed E-state index contributed by atoms with van der Waals surface area (Å²) < 4.78 is 10.8. The minimum atomic E-state index is 0.254. The number of aromatic nitrogens is 2. The van der Waals surface area contributed by atoms with Gasteiger partial charge in [-0.3, -0.25) is 0 Å². The van der Waals surface area contributed by atoms with Crippen LogP contribution < -0.4 is 4.74 Å². The van der Waals surface area contributed by atoms with Crippen molar-refractivity contribution in [3.63, 3.8) is 0 Å². The van der Waals surface area contributed by atoms with Gasteiger partial charge in [0, 0.05) is 24.3 Å². The Hall–Kier alpha value is -1.16. The molecule has 2 rings (SSSR count). The topological polar surface area (TPSA) is 44.2 Å². The van der Waals surface area contributed by atoms with Crippen LogP contribution in [0.5, 0.6) is 5.88 Å². The first-order chi connectivity index (χ1) is 6.77. The van der Waals surface area contributed by atoms with Gasteiger partial charge in [0.05, 0.1) is 6.10 Å². The lowest BCUT2D eigenvalue weighted by molar-refractivity contribution is -0.0728. The van der Waals surface area contributed by atoms with Crippen molar-refractivity contribution >= 4 is 0 Å². The lowest BCUT2D eigenvalue weighted by Crippen LogP contribution is -2.32. The standard InChI is InChI=1S/C10H14N2O2/c1-7-8(2)11-6-12-10(7)14-5-9-3-4-13-9/h6,9H,3-5H2,1-2H3. The highest BCUT2D eigenvalue weighted by atomic mass is 16.5. The Kier molecular flexibility index (Phi) is 2.63. The van der Waals surface area contributed by atoms with Crippen molar-refractivity contribution in [2.24, 2.45) is 0 Å². The normalized spacial score (nSPS) is 20.3. The molecule has 0 N–H and O–H groups in total. The van der Waals surface area contributed by atoms with Gasteiger partial charge < -0.3 is 9.47 Å². The van der Waals surface area contributed by atoms with E-state index in [2.05, 4.69) is 9.97 Å². The minimum Gasteiger partial charge on any atom is -0.475 e. The fourth-order valence-corrected chi connectivity index (χ4v) is 1.25. The SMILES string of the molecule is Cc1ncnc(OCC2CCO2)c1C. The third kappa shape index (κ3) is 1.85. The number of aryl methyl sites for hydroxylation is 1. The van der Waals surface area contributed by atoms with E-state index in [-0.39, 0.29) is 6.10 Å². The summed E-state index contributed by atoms with van der Waals surface area (Å²) in [6, 6.07) is 0. The Morgan fingerprint density at radius 3 is 2.93 bits per heavy atom. The summed E-state index contributed by atoms with van der Waals surface area (Å²) in [5.74, 6) is 0.674. The molecule has 0 spiro atoms. The summed E-state index contributed by atoms with van der Waals surface area (Å²) in [4.78, 5) is 8.16. The van der Waals surface area contributed by atoms with Gasteiger partial charge >= 0.3 is 0 Å². The lowest BCUT2D eigenvalue weighted by Gasteiger charge is -2.26. The first-order valence-electron chi connectivity index (χ1n) is 4.80. The summed E-state index contributed by atoms with van der Waals surface area (Å²) in [5.41, 5.74) is 1.97. The van der Waals surface area contributed by atoms with E-state index < -0.39 is 0 Å². The Bertz CT molecular complexity index is 324. The smallest absolute Gasteiger partial charge is 0.219 e. The molecule has 14 heavy (non-hydrogen) atoms. The molecule has 1 aromatic heterocycles. The summed E-state index contributed by atoms with van der Waals surface area (Å²) in [5, 5.41) is 0. The molecule has 1 aromatic rings. The molecule has 2 heterocycles. The monoisotopic (exact) mass is 194 g/mol. The van der Waals surface area contributed by atoms with E-state index in [0.717, 1.165) is 24.3 Å². The maximum absolute atomic E-state index is 5.55. The summed E-state index contributed by atoms with van der Waals surface area (Å²) in [7, 11) is 0. The largest absolute Gasteiger partial charge is 0.475 e. The van der Waals surface area contributed by atoms with Crippen LogP contribution in [0.3, 0.4) is 0 Å². The second kappa shape index (κ2) is 3.92. The molecule has 1 aliphatic heterocycles. The second-order valence-corrected chi connectivity index (χ2v) is 3.48. The van der Waals surface area contributed by atoms with Crippen LogP contribution in [0.25, 0.3) is 0 Å². The van der Waals surface area contributed by atoms with Crippen molar-refractivity contribution in [2.45, 2.75) is 26.4 Å². The molecule has 0 aliphatic carbocycles. The molecule has 1 fully saturated rings. The van der Waals surface area contributed by atoms with Crippen LogP contribution in [0.2, 0.25) is 0 Å². The van der Waals surface area contributed by atoms with Crippen LogP contribution in [-0.2, 0) is 4.74 Å². The zero-order chi connectivity index (χ0) is 9.97. The summed E-state index contributed by atoms with van der Waals surface area (Å²) in [6.07, 6.45) is 2.87. The average Bonchev–Trinajstić information content (AvgIpc) is 2.09. The van der Waals surface area contributed by atoms with Gasteiger partial charge in [0.15, 0.2) is 0 Å². The zero-order valence-electron chi connectivity index (χ0n) is 8.49.